The number of oxazole rings is 1. The first kappa shape index (κ1) is 22.1. The maximum Gasteiger partial charge on any atom is 0.228 e. The van der Waals surface area contributed by atoms with Crippen LogP contribution < -0.4 is 0 Å². The van der Waals surface area contributed by atoms with Gasteiger partial charge >= 0.3 is 0 Å². The Morgan fingerprint density at radius 2 is 2.06 bits per heavy atom. The number of carbonyl (C=O) groups excluding carboxylic acids is 1. The van der Waals surface area contributed by atoms with Crippen LogP contribution in [0.15, 0.2) is 52.9 Å². The van der Waals surface area contributed by atoms with Crippen LogP contribution in [0.2, 0.25) is 0 Å². The van der Waals surface area contributed by atoms with Crippen molar-refractivity contribution in [3.8, 4) is 11.5 Å². The minimum absolute atomic E-state index is 0.0768. The minimum atomic E-state index is -0.382. The van der Waals surface area contributed by atoms with Gasteiger partial charge in [0.25, 0.3) is 0 Å². The van der Waals surface area contributed by atoms with Crippen LogP contribution in [0.5, 0.6) is 0 Å². The molecule has 168 valence electrons. The molecule has 1 amide bonds. The van der Waals surface area contributed by atoms with E-state index in [0.29, 0.717) is 42.3 Å². The Kier molecular flexibility index (Phi) is 6.92. The van der Waals surface area contributed by atoms with Gasteiger partial charge in [0, 0.05) is 24.2 Å². The molecular formula is C24H24F2N2O4. The Bertz CT molecular complexity index is 1090. The molecular weight excluding hydrogens is 418 g/mol. The quantitative estimate of drug-likeness (QED) is 0.555. The number of nitrogens with zero attached hydrogens (tertiary/aromatic N) is 2. The summed E-state index contributed by atoms with van der Waals surface area (Å²) in [5.41, 5.74) is 1.52. The molecule has 2 heterocycles. The van der Waals surface area contributed by atoms with Gasteiger partial charge in [0.1, 0.15) is 17.4 Å². The van der Waals surface area contributed by atoms with E-state index in [1.165, 1.54) is 18.2 Å². The van der Waals surface area contributed by atoms with Crippen molar-refractivity contribution in [1.29, 1.82) is 0 Å². The molecule has 1 unspecified atom stereocenters. The number of halogens is 2. The van der Waals surface area contributed by atoms with Crippen molar-refractivity contribution in [2.75, 3.05) is 26.3 Å². The van der Waals surface area contributed by atoms with Crippen molar-refractivity contribution in [3.05, 3.63) is 77.2 Å². The molecule has 3 aromatic rings. The molecule has 2 aromatic carbocycles. The number of carbonyl (C=O) groups is 1. The zero-order valence-corrected chi connectivity index (χ0v) is 17.7. The minimum Gasteiger partial charge on any atom is -0.441 e. The molecule has 0 aliphatic carbocycles. The summed E-state index contributed by atoms with van der Waals surface area (Å²) in [6, 6.07) is 12.4. The van der Waals surface area contributed by atoms with E-state index in [9.17, 15) is 13.6 Å². The van der Waals surface area contributed by atoms with Gasteiger partial charge in [0.15, 0.2) is 0 Å². The van der Waals surface area contributed by atoms with E-state index >= 15 is 0 Å². The zero-order valence-electron chi connectivity index (χ0n) is 17.7. The number of morpholine rings is 1. The first-order chi connectivity index (χ1) is 15.5. The molecule has 0 saturated carbocycles. The van der Waals surface area contributed by atoms with Crippen molar-refractivity contribution in [1.82, 2.24) is 9.88 Å². The van der Waals surface area contributed by atoms with Crippen LogP contribution in [0.4, 0.5) is 8.78 Å². The van der Waals surface area contributed by atoms with Gasteiger partial charge in [-0.25, -0.2) is 13.8 Å². The van der Waals surface area contributed by atoms with Crippen molar-refractivity contribution >= 4 is 5.91 Å². The van der Waals surface area contributed by atoms with Gasteiger partial charge in [0.05, 0.1) is 38.0 Å². The summed E-state index contributed by atoms with van der Waals surface area (Å²) < 4.78 is 44.1. The number of rotatable bonds is 7. The first-order valence-corrected chi connectivity index (χ1v) is 10.4. The maximum absolute atomic E-state index is 13.7. The number of amides is 1. The Hall–Kier alpha value is -3.10. The third-order valence-corrected chi connectivity index (χ3v) is 5.29. The van der Waals surface area contributed by atoms with Gasteiger partial charge in [-0.1, -0.05) is 24.3 Å². The SMILES string of the molecule is Cc1oc(-c2cccc(F)c2)nc1CC(=O)N1CCOC(COCc2ccccc2F)C1. The van der Waals surface area contributed by atoms with E-state index < -0.39 is 0 Å². The highest BCUT2D eigenvalue weighted by atomic mass is 19.1. The lowest BCUT2D eigenvalue weighted by Crippen LogP contribution is -2.47. The summed E-state index contributed by atoms with van der Waals surface area (Å²) in [5.74, 6) is 0.0125. The number of hydrogen-bond donors (Lipinski definition) is 0. The number of aromatic nitrogens is 1. The van der Waals surface area contributed by atoms with E-state index in [-0.39, 0.29) is 49.2 Å². The third kappa shape index (κ3) is 5.38. The average molecular weight is 442 g/mol. The lowest BCUT2D eigenvalue weighted by atomic mass is 10.2. The average Bonchev–Trinajstić information content (AvgIpc) is 3.15. The van der Waals surface area contributed by atoms with Gasteiger partial charge in [-0.15, -0.1) is 0 Å². The summed E-state index contributed by atoms with van der Waals surface area (Å²) >= 11 is 0. The number of aryl methyl sites for hydroxylation is 1. The highest BCUT2D eigenvalue weighted by molar-refractivity contribution is 5.78. The van der Waals surface area contributed by atoms with E-state index in [0.717, 1.165) is 0 Å². The second-order valence-electron chi connectivity index (χ2n) is 7.65. The van der Waals surface area contributed by atoms with E-state index in [2.05, 4.69) is 4.98 Å². The number of ether oxygens (including phenoxy) is 2. The predicted molar refractivity (Wildman–Crippen MR) is 113 cm³/mol. The van der Waals surface area contributed by atoms with Crippen molar-refractivity contribution in [2.45, 2.75) is 26.1 Å². The van der Waals surface area contributed by atoms with Crippen LogP contribution in [0.25, 0.3) is 11.5 Å². The molecule has 1 aliphatic heterocycles. The van der Waals surface area contributed by atoms with Gasteiger partial charge < -0.3 is 18.8 Å². The van der Waals surface area contributed by atoms with Crippen LogP contribution in [-0.4, -0.2) is 48.2 Å². The fraction of sp³-hybridized carbons (Fsp3) is 0.333. The molecule has 0 spiro atoms. The molecule has 0 radical (unpaired) electrons. The number of hydrogen-bond acceptors (Lipinski definition) is 5. The van der Waals surface area contributed by atoms with Crippen LogP contribution in [-0.2, 0) is 27.3 Å². The molecule has 1 saturated heterocycles. The predicted octanol–water partition coefficient (Wildman–Crippen LogP) is 3.91. The molecule has 1 aliphatic rings. The van der Waals surface area contributed by atoms with Crippen molar-refractivity contribution < 1.29 is 27.5 Å². The monoisotopic (exact) mass is 442 g/mol. The Balaban J connectivity index is 1.32. The summed E-state index contributed by atoms with van der Waals surface area (Å²) in [7, 11) is 0. The largest absolute Gasteiger partial charge is 0.441 e. The smallest absolute Gasteiger partial charge is 0.228 e. The van der Waals surface area contributed by atoms with Gasteiger partial charge in [-0.3, -0.25) is 4.79 Å². The van der Waals surface area contributed by atoms with Gasteiger partial charge in [-0.05, 0) is 31.2 Å². The summed E-state index contributed by atoms with van der Waals surface area (Å²) in [5, 5.41) is 0. The van der Waals surface area contributed by atoms with Crippen molar-refractivity contribution in [3.63, 3.8) is 0 Å². The fourth-order valence-corrected chi connectivity index (χ4v) is 3.55. The molecule has 32 heavy (non-hydrogen) atoms. The molecule has 1 atom stereocenters. The zero-order chi connectivity index (χ0) is 22.5. The van der Waals surface area contributed by atoms with E-state index in [1.807, 2.05) is 0 Å². The molecule has 0 N–H and O–H groups in total. The molecule has 0 bridgehead atoms. The topological polar surface area (TPSA) is 64.8 Å². The molecule has 4 rings (SSSR count). The molecule has 8 heteroatoms. The van der Waals surface area contributed by atoms with Crippen LogP contribution in [0.3, 0.4) is 0 Å². The maximum atomic E-state index is 13.7. The van der Waals surface area contributed by atoms with Crippen LogP contribution in [0.1, 0.15) is 17.0 Å². The lowest BCUT2D eigenvalue weighted by molar-refractivity contribution is -0.141. The second-order valence-corrected chi connectivity index (χ2v) is 7.65. The third-order valence-electron chi connectivity index (χ3n) is 5.29. The van der Waals surface area contributed by atoms with E-state index in [4.69, 9.17) is 13.9 Å². The summed E-state index contributed by atoms with van der Waals surface area (Å²) in [4.78, 5) is 18.9. The molecule has 1 fully saturated rings. The Morgan fingerprint density at radius 1 is 1.22 bits per heavy atom. The molecule has 1 aromatic heterocycles. The number of benzene rings is 2. The standard InChI is InChI=1S/C24H24F2N2O4/c1-16-22(27-24(32-16)17-6-4-7-19(25)11-17)12-23(29)28-9-10-31-20(13-28)15-30-14-18-5-2-3-8-21(18)26/h2-8,11,20H,9-10,12-15H2,1H3. The Labute approximate surface area is 184 Å². The van der Waals surface area contributed by atoms with Crippen LogP contribution >= 0.6 is 0 Å². The van der Waals surface area contributed by atoms with Gasteiger partial charge in [0.2, 0.25) is 11.8 Å². The first-order valence-electron chi connectivity index (χ1n) is 10.4. The molecule has 6 nitrogen and oxygen atoms in total. The van der Waals surface area contributed by atoms with E-state index in [1.54, 1.807) is 42.2 Å². The van der Waals surface area contributed by atoms with Gasteiger partial charge in [-0.2, -0.15) is 0 Å². The van der Waals surface area contributed by atoms with Crippen LogP contribution in [0, 0.1) is 18.6 Å². The summed E-state index contributed by atoms with van der Waals surface area (Å²) in [6.07, 6.45) is -0.214. The highest BCUT2D eigenvalue weighted by Crippen LogP contribution is 2.23. The Morgan fingerprint density at radius 3 is 2.88 bits per heavy atom. The van der Waals surface area contributed by atoms with Crippen molar-refractivity contribution in [2.24, 2.45) is 0 Å². The normalized spacial score (nSPS) is 16.3. The highest BCUT2D eigenvalue weighted by Gasteiger charge is 2.26. The summed E-state index contributed by atoms with van der Waals surface area (Å²) in [6.45, 7) is 3.37. The lowest BCUT2D eigenvalue weighted by Gasteiger charge is -2.32. The second kappa shape index (κ2) is 10.0. The fourth-order valence-electron chi connectivity index (χ4n) is 3.55.